The van der Waals surface area contributed by atoms with Crippen molar-refractivity contribution in [3.8, 4) is 11.8 Å². The van der Waals surface area contributed by atoms with E-state index in [0.717, 1.165) is 11.1 Å². The first-order valence-electron chi connectivity index (χ1n) is 11.7. The van der Waals surface area contributed by atoms with Gasteiger partial charge in [0.1, 0.15) is 28.5 Å². The molecule has 1 amide bonds. The predicted octanol–water partition coefficient (Wildman–Crippen LogP) is 5.36. The largest absolute Gasteiger partial charge is 0.422 e. The molecule has 184 valence electrons. The summed E-state index contributed by atoms with van der Waals surface area (Å²) < 4.78 is 10.7. The van der Waals surface area contributed by atoms with Gasteiger partial charge in [-0.1, -0.05) is 68.4 Å². The highest BCUT2D eigenvalue weighted by Gasteiger charge is 2.16. The van der Waals surface area contributed by atoms with Crippen LogP contribution in [0.3, 0.4) is 0 Å². The monoisotopic (exact) mass is 492 g/mol. The van der Waals surface area contributed by atoms with Gasteiger partial charge in [0.15, 0.2) is 0 Å². The molecule has 0 fully saturated rings. The van der Waals surface area contributed by atoms with Crippen LogP contribution >= 0.6 is 0 Å². The Balaban J connectivity index is 1.49. The lowest BCUT2D eigenvalue weighted by molar-refractivity contribution is -0.129. The number of esters is 1. The molecular formula is C30H24N2O5. The molecule has 0 unspecified atom stereocenters. The fraction of sp³-hybridized carbons (Fsp3) is 0.133. The molecule has 7 nitrogen and oxygen atoms in total. The van der Waals surface area contributed by atoms with Crippen molar-refractivity contribution in [2.75, 3.05) is 0 Å². The van der Waals surface area contributed by atoms with E-state index >= 15 is 0 Å². The van der Waals surface area contributed by atoms with Gasteiger partial charge in [0.05, 0.1) is 0 Å². The molecule has 0 aliphatic heterocycles. The van der Waals surface area contributed by atoms with Gasteiger partial charge in [-0.05, 0) is 46.9 Å². The topological polar surface area (TPSA) is 109 Å². The Labute approximate surface area is 213 Å². The van der Waals surface area contributed by atoms with Crippen LogP contribution in [-0.4, -0.2) is 11.9 Å². The normalized spacial score (nSPS) is 11.2. The molecule has 7 heteroatoms. The minimum absolute atomic E-state index is 0.0956. The summed E-state index contributed by atoms with van der Waals surface area (Å²) in [5.74, 6) is -0.932. The molecule has 37 heavy (non-hydrogen) atoms. The molecule has 0 saturated carbocycles. The van der Waals surface area contributed by atoms with Crippen LogP contribution in [0.25, 0.3) is 17.0 Å². The fourth-order valence-electron chi connectivity index (χ4n) is 3.63. The summed E-state index contributed by atoms with van der Waals surface area (Å²) in [5.41, 5.74) is 1.75. The standard InChI is InChI=1S/C30H24N2O5/c1-19(2)22-10-8-20(9-11-22)14-24(17-31)29(34)36-25-13-12-23-15-26(30(35)37-27(23)16-25)28(33)32-18-21-6-4-3-5-7-21/h3-16,19H,18H2,1-2H3,(H,32,33)/b24-14+. The number of hydrogen-bond acceptors (Lipinski definition) is 6. The van der Waals surface area contributed by atoms with Crippen molar-refractivity contribution in [3.63, 3.8) is 0 Å². The number of nitrogens with zero attached hydrogens (tertiary/aromatic N) is 1. The zero-order valence-electron chi connectivity index (χ0n) is 20.4. The van der Waals surface area contributed by atoms with E-state index in [-0.39, 0.29) is 29.0 Å². The second-order valence-corrected chi connectivity index (χ2v) is 8.70. The fourth-order valence-corrected chi connectivity index (χ4v) is 3.63. The Kier molecular flexibility index (Phi) is 7.60. The van der Waals surface area contributed by atoms with Crippen LogP contribution < -0.4 is 15.7 Å². The van der Waals surface area contributed by atoms with Crippen LogP contribution in [-0.2, 0) is 11.3 Å². The van der Waals surface area contributed by atoms with Crippen LogP contribution in [0.15, 0.2) is 93.6 Å². The Bertz CT molecular complexity index is 1580. The quantitative estimate of drug-likeness (QED) is 0.122. The summed E-state index contributed by atoms with van der Waals surface area (Å²) in [5, 5.41) is 12.6. The summed E-state index contributed by atoms with van der Waals surface area (Å²) >= 11 is 0. The van der Waals surface area contributed by atoms with Crippen LogP contribution in [0.5, 0.6) is 5.75 Å². The molecule has 0 spiro atoms. The molecule has 0 saturated heterocycles. The van der Waals surface area contributed by atoms with Gasteiger partial charge in [-0.2, -0.15) is 5.26 Å². The van der Waals surface area contributed by atoms with Gasteiger partial charge >= 0.3 is 11.6 Å². The van der Waals surface area contributed by atoms with Crippen molar-refractivity contribution in [2.24, 2.45) is 0 Å². The highest BCUT2D eigenvalue weighted by atomic mass is 16.5. The minimum atomic E-state index is -0.839. The minimum Gasteiger partial charge on any atom is -0.422 e. The van der Waals surface area contributed by atoms with E-state index in [2.05, 4.69) is 19.2 Å². The molecule has 1 aromatic heterocycles. The van der Waals surface area contributed by atoms with Crippen LogP contribution in [0.4, 0.5) is 0 Å². The van der Waals surface area contributed by atoms with Crippen molar-refractivity contribution in [2.45, 2.75) is 26.3 Å². The smallest absolute Gasteiger partial charge is 0.354 e. The lowest BCUT2D eigenvalue weighted by Gasteiger charge is -2.07. The van der Waals surface area contributed by atoms with Gasteiger partial charge < -0.3 is 14.5 Å². The second-order valence-electron chi connectivity index (χ2n) is 8.70. The average molecular weight is 493 g/mol. The first-order chi connectivity index (χ1) is 17.8. The van der Waals surface area contributed by atoms with Crippen LogP contribution in [0.2, 0.25) is 0 Å². The van der Waals surface area contributed by atoms with Crippen LogP contribution in [0, 0.1) is 11.3 Å². The molecule has 0 aliphatic carbocycles. The summed E-state index contributed by atoms with van der Waals surface area (Å²) in [6, 6.07) is 24.6. The second kappa shape index (κ2) is 11.2. The Morgan fingerprint density at radius 1 is 1.03 bits per heavy atom. The molecule has 0 atom stereocenters. The van der Waals surface area contributed by atoms with E-state index in [1.54, 1.807) is 6.07 Å². The number of amides is 1. The SMILES string of the molecule is CC(C)c1ccc(/C=C(\C#N)C(=O)Oc2ccc3cc(C(=O)NCc4ccccc4)c(=O)oc3c2)cc1. The zero-order valence-corrected chi connectivity index (χ0v) is 20.4. The third-order valence-corrected chi connectivity index (χ3v) is 5.71. The van der Waals surface area contributed by atoms with Crippen molar-refractivity contribution in [1.82, 2.24) is 5.32 Å². The Morgan fingerprint density at radius 3 is 2.43 bits per heavy atom. The summed E-state index contributed by atoms with van der Waals surface area (Å²) in [4.78, 5) is 37.6. The van der Waals surface area contributed by atoms with Crippen molar-refractivity contribution in [3.05, 3.63) is 117 Å². The lowest BCUT2D eigenvalue weighted by atomic mass is 10.0. The van der Waals surface area contributed by atoms with Crippen molar-refractivity contribution >= 4 is 28.9 Å². The number of carbonyl (C=O) groups is 2. The number of fused-ring (bicyclic) bond motifs is 1. The maximum atomic E-state index is 12.6. The average Bonchev–Trinajstić information content (AvgIpc) is 2.90. The summed E-state index contributed by atoms with van der Waals surface area (Å²) in [6.07, 6.45) is 1.45. The molecule has 0 aliphatic rings. The molecule has 4 rings (SSSR count). The maximum absolute atomic E-state index is 12.6. The Morgan fingerprint density at radius 2 is 1.76 bits per heavy atom. The van der Waals surface area contributed by atoms with E-state index in [9.17, 15) is 19.6 Å². The number of nitriles is 1. The van der Waals surface area contributed by atoms with Gasteiger partial charge in [-0.15, -0.1) is 0 Å². The van der Waals surface area contributed by atoms with E-state index in [0.29, 0.717) is 16.9 Å². The van der Waals surface area contributed by atoms with Crippen molar-refractivity contribution < 1.29 is 18.7 Å². The molecule has 1 heterocycles. The van der Waals surface area contributed by atoms with Gasteiger partial charge in [0.2, 0.25) is 0 Å². The molecule has 0 radical (unpaired) electrons. The Hall–Kier alpha value is -4.96. The predicted molar refractivity (Wildman–Crippen MR) is 140 cm³/mol. The molecule has 0 bridgehead atoms. The maximum Gasteiger partial charge on any atom is 0.354 e. The third kappa shape index (κ3) is 6.19. The number of hydrogen-bond donors (Lipinski definition) is 1. The first-order valence-corrected chi connectivity index (χ1v) is 11.7. The lowest BCUT2D eigenvalue weighted by Crippen LogP contribution is -2.27. The number of ether oxygens (including phenoxy) is 1. The third-order valence-electron chi connectivity index (χ3n) is 5.71. The van der Waals surface area contributed by atoms with E-state index in [1.165, 1.54) is 24.3 Å². The van der Waals surface area contributed by atoms with Crippen molar-refractivity contribution in [1.29, 1.82) is 5.26 Å². The molecule has 4 aromatic rings. The first kappa shape index (κ1) is 25.1. The summed E-state index contributed by atoms with van der Waals surface area (Å²) in [7, 11) is 0. The number of benzene rings is 3. The molecule has 1 N–H and O–H groups in total. The molecule has 3 aromatic carbocycles. The summed E-state index contributed by atoms with van der Waals surface area (Å²) in [6.45, 7) is 4.43. The number of rotatable bonds is 7. The highest BCUT2D eigenvalue weighted by Crippen LogP contribution is 2.22. The number of nitrogens with one attached hydrogen (secondary N) is 1. The number of carbonyl (C=O) groups excluding carboxylic acids is 2. The van der Waals surface area contributed by atoms with Gasteiger partial charge in [-0.3, -0.25) is 4.79 Å². The van der Waals surface area contributed by atoms with Gasteiger partial charge in [-0.25, -0.2) is 9.59 Å². The van der Waals surface area contributed by atoms with E-state index in [1.807, 2.05) is 60.7 Å². The van der Waals surface area contributed by atoms with E-state index < -0.39 is 17.5 Å². The van der Waals surface area contributed by atoms with E-state index in [4.69, 9.17) is 9.15 Å². The molecular weight excluding hydrogens is 468 g/mol. The highest BCUT2D eigenvalue weighted by molar-refractivity contribution is 5.99. The van der Waals surface area contributed by atoms with Gasteiger partial charge in [0, 0.05) is 18.0 Å². The zero-order chi connectivity index (χ0) is 26.4. The van der Waals surface area contributed by atoms with Gasteiger partial charge in [0.25, 0.3) is 5.91 Å². The van der Waals surface area contributed by atoms with Crippen LogP contribution in [0.1, 0.15) is 46.8 Å².